The van der Waals surface area contributed by atoms with Crippen LogP contribution in [0.4, 0.5) is 10.1 Å². The molecule has 1 aliphatic rings. The van der Waals surface area contributed by atoms with Gasteiger partial charge in [-0.25, -0.2) is 12.8 Å². The molecule has 2 heterocycles. The van der Waals surface area contributed by atoms with Crippen LogP contribution in [0.15, 0.2) is 51.9 Å². The van der Waals surface area contributed by atoms with Crippen LogP contribution in [0.1, 0.15) is 41.0 Å². The Kier molecular flexibility index (Phi) is 7.18. The van der Waals surface area contributed by atoms with Crippen molar-refractivity contribution in [3.63, 3.8) is 0 Å². The fraction of sp³-hybridized carbons (Fsp3) is 0.308. The van der Waals surface area contributed by atoms with Gasteiger partial charge in [-0.15, -0.1) is 0 Å². The van der Waals surface area contributed by atoms with Crippen molar-refractivity contribution in [3.8, 4) is 0 Å². The van der Waals surface area contributed by atoms with Crippen molar-refractivity contribution in [3.05, 3.63) is 76.4 Å². The molecule has 1 fully saturated rings. The smallest absolute Gasteiger partial charge is 0.248 e. The Labute approximate surface area is 204 Å². The standard InChI is InChI=1S/C26H28FN3O4S/c1-17-8-10-23(18(2)16-17)28-26(31)21-12-14-30(15-13-21)35(32,33)25-19(3)29-34-24(25)11-9-20-6-4-5-7-22(20)27/h4-11,16,21H,12-15H2,1-3H3,(H,28,31). The summed E-state index contributed by atoms with van der Waals surface area (Å²) in [6, 6.07) is 12.0. The van der Waals surface area contributed by atoms with Gasteiger partial charge in [0.25, 0.3) is 0 Å². The van der Waals surface area contributed by atoms with Gasteiger partial charge in [-0.05, 0) is 63.5 Å². The van der Waals surface area contributed by atoms with Crippen LogP contribution in [0, 0.1) is 32.5 Å². The molecule has 35 heavy (non-hydrogen) atoms. The average Bonchev–Trinajstić information content (AvgIpc) is 3.21. The highest BCUT2D eigenvalue weighted by Gasteiger charge is 2.36. The highest BCUT2D eigenvalue weighted by molar-refractivity contribution is 7.89. The zero-order valence-electron chi connectivity index (χ0n) is 19.9. The van der Waals surface area contributed by atoms with Gasteiger partial charge in [-0.3, -0.25) is 4.79 Å². The first kappa shape index (κ1) is 24.8. The van der Waals surface area contributed by atoms with E-state index in [1.54, 1.807) is 25.1 Å². The molecule has 0 unspecified atom stereocenters. The molecule has 3 aromatic rings. The largest absolute Gasteiger partial charge is 0.355 e. The minimum atomic E-state index is -3.91. The van der Waals surface area contributed by atoms with Gasteiger partial charge in [-0.2, -0.15) is 4.31 Å². The van der Waals surface area contributed by atoms with Gasteiger partial charge in [-0.1, -0.05) is 41.1 Å². The summed E-state index contributed by atoms with van der Waals surface area (Å²) < 4.78 is 47.4. The van der Waals surface area contributed by atoms with E-state index in [2.05, 4.69) is 10.5 Å². The van der Waals surface area contributed by atoms with Gasteiger partial charge in [0.15, 0.2) is 10.7 Å². The van der Waals surface area contributed by atoms with Gasteiger partial charge in [0.05, 0.1) is 0 Å². The number of piperidine rings is 1. The van der Waals surface area contributed by atoms with E-state index in [9.17, 15) is 17.6 Å². The maximum atomic E-state index is 13.9. The summed E-state index contributed by atoms with van der Waals surface area (Å²) in [5, 5.41) is 6.80. The monoisotopic (exact) mass is 497 g/mol. The van der Waals surface area contributed by atoms with Gasteiger partial charge >= 0.3 is 0 Å². The molecule has 184 valence electrons. The second-order valence-corrected chi connectivity index (χ2v) is 10.7. The molecule has 4 rings (SSSR count). The quantitative estimate of drug-likeness (QED) is 0.520. The summed E-state index contributed by atoms with van der Waals surface area (Å²) >= 11 is 0. The fourth-order valence-corrected chi connectivity index (χ4v) is 5.97. The molecule has 1 amide bonds. The van der Waals surface area contributed by atoms with Crippen molar-refractivity contribution >= 4 is 33.8 Å². The van der Waals surface area contributed by atoms with Crippen LogP contribution < -0.4 is 5.32 Å². The van der Waals surface area contributed by atoms with Crippen LogP contribution in [0.25, 0.3) is 12.2 Å². The number of carbonyl (C=O) groups is 1. The number of halogens is 1. The molecule has 2 aromatic carbocycles. The Bertz CT molecular complexity index is 1370. The summed E-state index contributed by atoms with van der Waals surface area (Å²) in [5.41, 5.74) is 3.40. The SMILES string of the molecule is Cc1ccc(NC(=O)C2CCN(S(=O)(=O)c3c(C)noc3C=Cc3ccccc3F)CC2)c(C)c1. The number of rotatable bonds is 6. The lowest BCUT2D eigenvalue weighted by Gasteiger charge is -2.30. The van der Waals surface area contributed by atoms with Gasteiger partial charge in [0.2, 0.25) is 15.9 Å². The summed E-state index contributed by atoms with van der Waals surface area (Å²) in [6.45, 7) is 5.90. The van der Waals surface area contributed by atoms with Crippen LogP contribution in [-0.4, -0.2) is 36.9 Å². The minimum Gasteiger partial charge on any atom is -0.355 e. The Hall–Kier alpha value is -3.30. The normalized spacial score (nSPS) is 15.5. The highest BCUT2D eigenvalue weighted by atomic mass is 32.2. The van der Waals surface area contributed by atoms with Gasteiger partial charge in [0, 0.05) is 30.3 Å². The van der Waals surface area contributed by atoms with E-state index >= 15 is 0 Å². The third-order valence-corrected chi connectivity index (χ3v) is 8.27. The highest BCUT2D eigenvalue weighted by Crippen LogP contribution is 2.30. The second kappa shape index (κ2) is 10.1. The molecular formula is C26H28FN3O4S. The number of benzene rings is 2. The third-order valence-electron chi connectivity index (χ3n) is 6.22. The molecule has 0 aliphatic carbocycles. The molecule has 9 heteroatoms. The average molecular weight is 498 g/mol. The fourth-order valence-electron chi connectivity index (χ4n) is 4.25. The van der Waals surface area contributed by atoms with Crippen molar-refractivity contribution < 1.29 is 22.1 Å². The lowest BCUT2D eigenvalue weighted by atomic mass is 9.97. The first-order valence-corrected chi connectivity index (χ1v) is 12.9. The van der Waals surface area contributed by atoms with Crippen LogP contribution >= 0.6 is 0 Å². The Balaban J connectivity index is 1.46. The Morgan fingerprint density at radius 3 is 2.51 bits per heavy atom. The molecule has 0 saturated carbocycles. The van der Waals surface area contributed by atoms with Crippen LogP contribution in [-0.2, 0) is 14.8 Å². The number of nitrogens with one attached hydrogen (secondary N) is 1. The molecule has 1 saturated heterocycles. The summed E-state index contributed by atoms with van der Waals surface area (Å²) in [7, 11) is -3.91. The minimum absolute atomic E-state index is 0.0386. The van der Waals surface area contributed by atoms with Crippen molar-refractivity contribution in [2.24, 2.45) is 5.92 Å². The maximum absolute atomic E-state index is 13.9. The van der Waals surface area contributed by atoms with E-state index in [-0.39, 0.29) is 41.3 Å². The summed E-state index contributed by atoms with van der Waals surface area (Å²) in [6.07, 6.45) is 3.68. The summed E-state index contributed by atoms with van der Waals surface area (Å²) in [5.74, 6) is -0.777. The predicted molar refractivity (Wildman–Crippen MR) is 133 cm³/mol. The number of carbonyl (C=O) groups excluding carboxylic acids is 1. The van der Waals surface area contributed by atoms with Gasteiger partial charge in [0.1, 0.15) is 11.5 Å². The van der Waals surface area contributed by atoms with Crippen molar-refractivity contribution in [1.82, 2.24) is 9.46 Å². The summed E-state index contributed by atoms with van der Waals surface area (Å²) in [4.78, 5) is 12.8. The molecule has 1 N–H and O–H groups in total. The molecule has 0 radical (unpaired) electrons. The van der Waals surface area contributed by atoms with E-state index in [1.165, 1.54) is 22.5 Å². The third kappa shape index (κ3) is 5.36. The van der Waals surface area contributed by atoms with E-state index in [0.29, 0.717) is 18.4 Å². The van der Waals surface area contributed by atoms with Crippen molar-refractivity contribution in [2.75, 3.05) is 18.4 Å². The predicted octanol–water partition coefficient (Wildman–Crippen LogP) is 4.95. The number of aryl methyl sites for hydroxylation is 3. The first-order valence-electron chi connectivity index (χ1n) is 11.4. The van der Waals surface area contributed by atoms with E-state index in [4.69, 9.17) is 4.52 Å². The Morgan fingerprint density at radius 1 is 1.11 bits per heavy atom. The van der Waals surface area contributed by atoms with Crippen LogP contribution in [0.3, 0.4) is 0 Å². The number of hydrogen-bond acceptors (Lipinski definition) is 5. The second-order valence-electron chi connectivity index (χ2n) is 8.80. The van der Waals surface area contributed by atoms with E-state index in [1.807, 2.05) is 32.0 Å². The molecule has 1 aliphatic heterocycles. The van der Waals surface area contributed by atoms with Crippen molar-refractivity contribution in [2.45, 2.75) is 38.5 Å². The molecule has 1 aromatic heterocycles. The lowest BCUT2D eigenvalue weighted by molar-refractivity contribution is -0.120. The molecular weight excluding hydrogens is 469 g/mol. The topological polar surface area (TPSA) is 92.5 Å². The number of amides is 1. The van der Waals surface area contributed by atoms with E-state index in [0.717, 1.165) is 16.8 Å². The molecule has 0 spiro atoms. The van der Waals surface area contributed by atoms with Crippen LogP contribution in [0.2, 0.25) is 0 Å². The maximum Gasteiger partial charge on any atom is 0.248 e. The van der Waals surface area contributed by atoms with Crippen molar-refractivity contribution in [1.29, 1.82) is 0 Å². The number of sulfonamides is 1. The lowest BCUT2D eigenvalue weighted by Crippen LogP contribution is -2.41. The number of aromatic nitrogens is 1. The molecule has 0 atom stereocenters. The number of anilines is 1. The molecule has 0 bridgehead atoms. The Morgan fingerprint density at radius 2 is 1.83 bits per heavy atom. The zero-order valence-corrected chi connectivity index (χ0v) is 20.7. The van der Waals surface area contributed by atoms with E-state index < -0.39 is 15.8 Å². The number of hydrogen-bond donors (Lipinski definition) is 1. The first-order chi connectivity index (χ1) is 16.7. The van der Waals surface area contributed by atoms with Crippen LogP contribution in [0.5, 0.6) is 0 Å². The van der Waals surface area contributed by atoms with Gasteiger partial charge < -0.3 is 9.84 Å². The zero-order chi connectivity index (χ0) is 25.2. The molecule has 7 nitrogen and oxygen atoms in total. The number of nitrogens with zero attached hydrogens (tertiary/aromatic N) is 2.